The number of hydrogen-bond donors (Lipinski definition) is 0. The monoisotopic (exact) mass is 246 g/mol. The van der Waals surface area contributed by atoms with Gasteiger partial charge in [-0.2, -0.15) is 0 Å². The van der Waals surface area contributed by atoms with E-state index in [1.54, 1.807) is 25.3 Å². The van der Waals surface area contributed by atoms with Crippen molar-refractivity contribution >= 4 is 11.8 Å². The van der Waals surface area contributed by atoms with Crippen LogP contribution in [-0.4, -0.2) is 11.8 Å². The van der Waals surface area contributed by atoms with Crippen molar-refractivity contribution in [2.24, 2.45) is 5.41 Å². The lowest BCUT2D eigenvalue weighted by Gasteiger charge is -2.31. The van der Waals surface area contributed by atoms with Crippen LogP contribution >= 0.6 is 0 Å². The SMILES string of the molecule is CC1=C2C(=O)OC(c3ccco3)C2(C)CCC1=O. The average Bonchev–Trinajstić information content (AvgIpc) is 2.92. The van der Waals surface area contributed by atoms with Gasteiger partial charge in [0.2, 0.25) is 0 Å². The van der Waals surface area contributed by atoms with E-state index in [1.807, 2.05) is 6.92 Å². The predicted molar refractivity (Wildman–Crippen MR) is 62.6 cm³/mol. The Labute approximate surface area is 105 Å². The fourth-order valence-electron chi connectivity index (χ4n) is 3.01. The molecule has 0 bridgehead atoms. The fourth-order valence-corrected chi connectivity index (χ4v) is 3.01. The summed E-state index contributed by atoms with van der Waals surface area (Å²) in [6.45, 7) is 3.68. The Morgan fingerprint density at radius 2 is 2.17 bits per heavy atom. The van der Waals surface area contributed by atoms with Crippen LogP contribution in [0.5, 0.6) is 0 Å². The Bertz CT molecular complexity index is 552. The third-order valence-electron chi connectivity index (χ3n) is 4.05. The van der Waals surface area contributed by atoms with Crippen molar-refractivity contribution in [1.29, 1.82) is 0 Å². The van der Waals surface area contributed by atoms with Crippen LogP contribution in [0.25, 0.3) is 0 Å². The first-order chi connectivity index (χ1) is 8.54. The number of hydrogen-bond acceptors (Lipinski definition) is 4. The second kappa shape index (κ2) is 3.57. The minimum Gasteiger partial charge on any atom is -0.465 e. The van der Waals surface area contributed by atoms with Gasteiger partial charge in [0.25, 0.3) is 0 Å². The smallest absolute Gasteiger partial charge is 0.335 e. The molecule has 0 N–H and O–H groups in total. The van der Waals surface area contributed by atoms with E-state index in [1.165, 1.54) is 0 Å². The lowest BCUT2D eigenvalue weighted by Crippen LogP contribution is -2.29. The van der Waals surface area contributed by atoms with Gasteiger partial charge in [0.05, 0.1) is 11.8 Å². The average molecular weight is 246 g/mol. The molecule has 1 aliphatic heterocycles. The van der Waals surface area contributed by atoms with Crippen LogP contribution in [0.1, 0.15) is 38.6 Å². The first kappa shape index (κ1) is 11.3. The summed E-state index contributed by atoms with van der Waals surface area (Å²) in [6.07, 6.45) is 2.22. The summed E-state index contributed by atoms with van der Waals surface area (Å²) in [5.41, 5.74) is 0.621. The van der Waals surface area contributed by atoms with Gasteiger partial charge < -0.3 is 9.15 Å². The van der Waals surface area contributed by atoms with E-state index in [4.69, 9.17) is 9.15 Å². The molecule has 2 aliphatic rings. The van der Waals surface area contributed by atoms with Crippen LogP contribution in [0.15, 0.2) is 34.0 Å². The predicted octanol–water partition coefficient (Wildman–Crippen LogP) is 2.56. The van der Waals surface area contributed by atoms with Crippen molar-refractivity contribution in [3.05, 3.63) is 35.3 Å². The third-order valence-corrected chi connectivity index (χ3v) is 4.05. The van der Waals surface area contributed by atoms with Crippen LogP contribution in [0.2, 0.25) is 0 Å². The van der Waals surface area contributed by atoms with E-state index in [2.05, 4.69) is 0 Å². The molecular weight excluding hydrogens is 232 g/mol. The molecule has 1 aromatic heterocycles. The first-order valence-electron chi connectivity index (χ1n) is 6.03. The Balaban J connectivity index is 2.14. The summed E-state index contributed by atoms with van der Waals surface area (Å²) in [6, 6.07) is 3.58. The second-order valence-corrected chi connectivity index (χ2v) is 5.14. The highest BCUT2D eigenvalue weighted by molar-refractivity contribution is 6.06. The van der Waals surface area contributed by atoms with E-state index >= 15 is 0 Å². The standard InChI is InChI=1S/C14H14O4/c1-8-9(15)5-6-14(2)11(8)13(16)18-12(14)10-4-3-7-17-10/h3-4,7,12H,5-6H2,1-2H3. The first-order valence-corrected chi connectivity index (χ1v) is 6.03. The molecule has 94 valence electrons. The van der Waals surface area contributed by atoms with Crippen LogP contribution in [-0.2, 0) is 14.3 Å². The van der Waals surface area contributed by atoms with Gasteiger partial charge >= 0.3 is 5.97 Å². The summed E-state index contributed by atoms with van der Waals surface area (Å²) in [5, 5.41) is 0. The Morgan fingerprint density at radius 3 is 2.83 bits per heavy atom. The molecule has 0 saturated carbocycles. The van der Waals surface area contributed by atoms with Crippen molar-refractivity contribution in [1.82, 2.24) is 0 Å². The van der Waals surface area contributed by atoms with Crippen molar-refractivity contribution in [2.75, 3.05) is 0 Å². The molecule has 0 amide bonds. The highest BCUT2D eigenvalue weighted by Gasteiger charge is 2.55. The number of ether oxygens (including phenoxy) is 1. The molecule has 4 nitrogen and oxygen atoms in total. The number of allylic oxidation sites excluding steroid dienone is 1. The van der Waals surface area contributed by atoms with Crippen LogP contribution in [0, 0.1) is 5.41 Å². The number of cyclic esters (lactones) is 1. The fraction of sp³-hybridized carbons (Fsp3) is 0.429. The number of carbonyl (C=O) groups is 2. The van der Waals surface area contributed by atoms with Gasteiger partial charge in [-0.05, 0) is 25.5 Å². The molecule has 0 spiro atoms. The van der Waals surface area contributed by atoms with E-state index < -0.39 is 11.5 Å². The van der Waals surface area contributed by atoms with Crippen molar-refractivity contribution < 1.29 is 18.7 Å². The number of rotatable bonds is 1. The van der Waals surface area contributed by atoms with Crippen molar-refractivity contribution in [3.63, 3.8) is 0 Å². The number of Topliss-reactive ketones (excluding diaryl/α,β-unsaturated/α-hetero) is 1. The van der Waals surface area contributed by atoms with E-state index in [9.17, 15) is 9.59 Å². The van der Waals surface area contributed by atoms with Gasteiger partial charge in [0.15, 0.2) is 11.9 Å². The molecule has 0 radical (unpaired) electrons. The van der Waals surface area contributed by atoms with Crippen LogP contribution in [0.3, 0.4) is 0 Å². The number of furan rings is 1. The summed E-state index contributed by atoms with van der Waals surface area (Å²) in [7, 11) is 0. The minimum absolute atomic E-state index is 0.0412. The second-order valence-electron chi connectivity index (χ2n) is 5.14. The van der Waals surface area contributed by atoms with Gasteiger partial charge in [0, 0.05) is 17.4 Å². The molecule has 2 heterocycles. The van der Waals surface area contributed by atoms with Gasteiger partial charge in [-0.15, -0.1) is 0 Å². The van der Waals surface area contributed by atoms with E-state index in [0.29, 0.717) is 29.7 Å². The van der Waals surface area contributed by atoms with Crippen LogP contribution < -0.4 is 0 Å². The maximum Gasteiger partial charge on any atom is 0.335 e. The zero-order valence-corrected chi connectivity index (χ0v) is 10.4. The molecule has 1 aliphatic carbocycles. The topological polar surface area (TPSA) is 56.5 Å². The highest BCUT2D eigenvalue weighted by Crippen LogP contribution is 2.55. The maximum absolute atomic E-state index is 12.0. The molecule has 18 heavy (non-hydrogen) atoms. The van der Waals surface area contributed by atoms with E-state index in [-0.39, 0.29) is 11.8 Å². The molecule has 1 saturated heterocycles. The quantitative estimate of drug-likeness (QED) is 0.714. The number of ketones is 1. The Kier molecular flexibility index (Phi) is 2.24. The molecule has 3 rings (SSSR count). The van der Waals surface area contributed by atoms with Gasteiger partial charge in [0.1, 0.15) is 5.76 Å². The largest absolute Gasteiger partial charge is 0.465 e. The van der Waals surface area contributed by atoms with Crippen molar-refractivity contribution in [3.8, 4) is 0 Å². The molecule has 4 heteroatoms. The number of esters is 1. The van der Waals surface area contributed by atoms with Gasteiger partial charge in [-0.25, -0.2) is 4.79 Å². The zero-order chi connectivity index (χ0) is 12.9. The van der Waals surface area contributed by atoms with Crippen LogP contribution in [0.4, 0.5) is 0 Å². The maximum atomic E-state index is 12.0. The molecule has 1 aromatic rings. The summed E-state index contributed by atoms with van der Waals surface area (Å²) >= 11 is 0. The molecular formula is C14H14O4. The summed E-state index contributed by atoms with van der Waals surface area (Å²) in [4.78, 5) is 23.7. The number of fused-ring (bicyclic) bond motifs is 1. The van der Waals surface area contributed by atoms with Gasteiger partial charge in [-0.1, -0.05) is 6.92 Å². The molecule has 2 unspecified atom stereocenters. The third kappa shape index (κ3) is 1.32. The number of carbonyl (C=O) groups excluding carboxylic acids is 2. The Hall–Kier alpha value is -1.84. The lowest BCUT2D eigenvalue weighted by molar-refractivity contribution is -0.141. The summed E-state index contributed by atoms with van der Waals surface area (Å²) in [5.74, 6) is 0.298. The minimum atomic E-state index is -0.451. The van der Waals surface area contributed by atoms with Crippen molar-refractivity contribution in [2.45, 2.75) is 32.8 Å². The highest BCUT2D eigenvalue weighted by atomic mass is 16.6. The van der Waals surface area contributed by atoms with E-state index in [0.717, 1.165) is 0 Å². The molecule has 0 aromatic carbocycles. The van der Waals surface area contributed by atoms with Gasteiger partial charge in [-0.3, -0.25) is 4.79 Å². The molecule has 2 atom stereocenters. The zero-order valence-electron chi connectivity index (χ0n) is 10.4. The lowest BCUT2D eigenvalue weighted by atomic mass is 9.68. The molecule has 1 fully saturated rings. The summed E-state index contributed by atoms with van der Waals surface area (Å²) < 4.78 is 10.8. The Morgan fingerprint density at radius 1 is 1.39 bits per heavy atom. The normalized spacial score (nSPS) is 31.6.